The Balaban J connectivity index is 3.21. The lowest BCUT2D eigenvalue weighted by atomic mass is 10.6. The van der Waals surface area contributed by atoms with Gasteiger partial charge in [-0.15, -0.1) is 9.19 Å². The Hall–Kier alpha value is -0.980. The molecule has 0 bridgehead atoms. The number of nitrogens with zero attached hydrogens (tertiary/aromatic N) is 3. The Bertz CT molecular complexity index is 329. The molecule has 0 fully saturated rings. The molecule has 0 atom stereocenters. The molecule has 0 spiro atoms. The van der Waals surface area contributed by atoms with Crippen molar-refractivity contribution in [2.24, 2.45) is 0 Å². The van der Waals surface area contributed by atoms with Gasteiger partial charge in [0.15, 0.2) is 0 Å². The van der Waals surface area contributed by atoms with Crippen LogP contribution >= 0.6 is 0 Å². The Kier molecular flexibility index (Phi) is 1.43. The molecule has 0 aromatic carbocycles. The van der Waals surface area contributed by atoms with E-state index in [1.54, 1.807) is 0 Å². The molecule has 1 aromatic heterocycles. The average Bonchev–Trinajstić information content (AvgIpc) is 2.11. The molecular formula is C3H4FN3O2S. The van der Waals surface area contributed by atoms with Gasteiger partial charge in [0, 0.05) is 0 Å². The van der Waals surface area contributed by atoms with Gasteiger partial charge in [-0.25, -0.2) is 0 Å². The van der Waals surface area contributed by atoms with E-state index >= 15 is 0 Å². The maximum atomic E-state index is 12.0. The van der Waals surface area contributed by atoms with Gasteiger partial charge in [0.05, 0.1) is 11.9 Å². The second-order valence-corrected chi connectivity index (χ2v) is 2.87. The van der Waals surface area contributed by atoms with Crippen LogP contribution in [0.1, 0.15) is 5.69 Å². The van der Waals surface area contributed by atoms with Crippen LogP contribution in [0.5, 0.6) is 0 Å². The molecule has 0 radical (unpaired) electrons. The molecule has 10 heavy (non-hydrogen) atoms. The summed E-state index contributed by atoms with van der Waals surface area (Å²) < 4.78 is 32.2. The van der Waals surface area contributed by atoms with Crippen LogP contribution in [0, 0.1) is 6.92 Å². The highest BCUT2D eigenvalue weighted by molar-refractivity contribution is 7.84. The van der Waals surface area contributed by atoms with Crippen LogP contribution in [0.2, 0.25) is 0 Å². The molecule has 0 saturated heterocycles. The van der Waals surface area contributed by atoms with Crippen molar-refractivity contribution in [3.8, 4) is 0 Å². The molecule has 0 aliphatic rings. The van der Waals surface area contributed by atoms with Crippen molar-refractivity contribution >= 4 is 10.4 Å². The highest BCUT2D eigenvalue weighted by atomic mass is 32.3. The van der Waals surface area contributed by atoms with Crippen LogP contribution in [0.15, 0.2) is 6.20 Å². The van der Waals surface area contributed by atoms with Gasteiger partial charge in [0.1, 0.15) is 0 Å². The molecule has 56 valence electrons. The van der Waals surface area contributed by atoms with E-state index in [9.17, 15) is 12.3 Å². The molecule has 5 nitrogen and oxygen atoms in total. The zero-order chi connectivity index (χ0) is 7.78. The van der Waals surface area contributed by atoms with Crippen LogP contribution in [0.3, 0.4) is 0 Å². The molecular weight excluding hydrogens is 161 g/mol. The van der Waals surface area contributed by atoms with Crippen LogP contribution in [-0.2, 0) is 10.4 Å². The minimum atomic E-state index is -4.74. The standard InChI is InChI=1S/C3H4FN3O2S/c1-3-2-7(6-5-3)10(4,8)9/h2H,1H3. The van der Waals surface area contributed by atoms with E-state index in [-0.39, 0.29) is 4.09 Å². The lowest BCUT2D eigenvalue weighted by Crippen LogP contribution is -2.06. The van der Waals surface area contributed by atoms with Crippen molar-refractivity contribution in [3.63, 3.8) is 0 Å². The van der Waals surface area contributed by atoms with Crippen molar-refractivity contribution in [2.45, 2.75) is 6.92 Å². The lowest BCUT2D eigenvalue weighted by molar-refractivity contribution is 0.530. The first-order valence-corrected chi connectivity index (χ1v) is 3.68. The van der Waals surface area contributed by atoms with E-state index in [1.807, 2.05) is 0 Å². The number of aryl methyl sites for hydroxylation is 1. The fourth-order valence-corrected chi connectivity index (χ4v) is 0.835. The van der Waals surface area contributed by atoms with Crippen molar-refractivity contribution in [1.29, 1.82) is 0 Å². The fraction of sp³-hybridized carbons (Fsp3) is 0.333. The summed E-state index contributed by atoms with van der Waals surface area (Å²) in [5.41, 5.74) is 0.348. The molecule has 0 N–H and O–H groups in total. The summed E-state index contributed by atoms with van der Waals surface area (Å²) >= 11 is 0. The molecule has 7 heteroatoms. The number of halogens is 1. The molecule has 1 rings (SSSR count). The number of hydrogen-bond acceptors (Lipinski definition) is 4. The zero-order valence-electron chi connectivity index (χ0n) is 5.02. The third-order valence-corrected chi connectivity index (χ3v) is 1.44. The summed E-state index contributed by atoms with van der Waals surface area (Å²) in [4.78, 5) is 0. The van der Waals surface area contributed by atoms with Crippen molar-refractivity contribution in [2.75, 3.05) is 0 Å². The van der Waals surface area contributed by atoms with Gasteiger partial charge >= 0.3 is 10.4 Å². The van der Waals surface area contributed by atoms with Gasteiger partial charge in [0.2, 0.25) is 0 Å². The van der Waals surface area contributed by atoms with Crippen molar-refractivity contribution in [1.82, 2.24) is 14.4 Å². The summed E-state index contributed by atoms with van der Waals surface area (Å²) in [6, 6.07) is 0. The second kappa shape index (κ2) is 2.01. The van der Waals surface area contributed by atoms with Crippen LogP contribution in [0.4, 0.5) is 3.89 Å². The maximum Gasteiger partial charge on any atom is 0.419 e. The van der Waals surface area contributed by atoms with Crippen LogP contribution < -0.4 is 0 Å². The van der Waals surface area contributed by atoms with E-state index < -0.39 is 10.4 Å². The highest BCUT2D eigenvalue weighted by Gasteiger charge is 2.10. The molecule has 0 amide bonds. The SMILES string of the molecule is Cc1cn(S(=O)(=O)F)nn1. The molecule has 0 unspecified atom stereocenters. The topological polar surface area (TPSA) is 64.8 Å². The van der Waals surface area contributed by atoms with Gasteiger partial charge in [-0.3, -0.25) is 0 Å². The summed E-state index contributed by atoms with van der Waals surface area (Å²) in [6.45, 7) is 1.51. The van der Waals surface area contributed by atoms with E-state index in [2.05, 4.69) is 10.3 Å². The zero-order valence-corrected chi connectivity index (χ0v) is 5.84. The summed E-state index contributed by atoms with van der Waals surface area (Å²) in [5.74, 6) is 0. The minimum absolute atomic E-state index is 0.169. The molecule has 0 saturated carbocycles. The maximum absolute atomic E-state index is 12.0. The fourth-order valence-electron chi connectivity index (χ4n) is 0.433. The Morgan fingerprint density at radius 3 is 2.50 bits per heavy atom. The second-order valence-electron chi connectivity index (χ2n) is 1.67. The Morgan fingerprint density at radius 1 is 1.70 bits per heavy atom. The van der Waals surface area contributed by atoms with Crippen molar-refractivity contribution < 1.29 is 12.3 Å². The summed E-state index contributed by atoms with van der Waals surface area (Å²) in [6.07, 6.45) is 0.981. The van der Waals surface area contributed by atoms with Gasteiger partial charge in [-0.05, 0) is 12.1 Å². The predicted molar refractivity (Wildman–Crippen MR) is 30.2 cm³/mol. The predicted octanol–water partition coefficient (Wildman–Crippen LogP) is -0.351. The number of aromatic nitrogens is 3. The van der Waals surface area contributed by atoms with Crippen LogP contribution in [0.25, 0.3) is 0 Å². The van der Waals surface area contributed by atoms with Gasteiger partial charge < -0.3 is 0 Å². The first kappa shape index (κ1) is 7.13. The third kappa shape index (κ3) is 1.29. The first-order chi connectivity index (χ1) is 4.50. The Labute approximate surface area is 56.8 Å². The minimum Gasteiger partial charge on any atom is -0.169 e. The Morgan fingerprint density at radius 2 is 2.30 bits per heavy atom. The highest BCUT2D eigenvalue weighted by Crippen LogP contribution is 1.96. The molecule has 0 aliphatic heterocycles. The van der Waals surface area contributed by atoms with Crippen LogP contribution in [-0.4, -0.2) is 22.8 Å². The van der Waals surface area contributed by atoms with Gasteiger partial charge in [-0.2, -0.15) is 8.42 Å². The summed E-state index contributed by atoms with van der Waals surface area (Å²) in [5, 5.41) is 6.27. The number of rotatable bonds is 1. The van der Waals surface area contributed by atoms with E-state index in [0.717, 1.165) is 6.20 Å². The lowest BCUT2D eigenvalue weighted by Gasteiger charge is -1.85. The molecule has 1 aromatic rings. The third-order valence-electron chi connectivity index (χ3n) is 0.811. The monoisotopic (exact) mass is 165 g/mol. The first-order valence-electron chi connectivity index (χ1n) is 2.34. The van der Waals surface area contributed by atoms with Gasteiger partial charge in [0.25, 0.3) is 0 Å². The van der Waals surface area contributed by atoms with Gasteiger partial charge in [-0.1, -0.05) is 3.89 Å². The number of hydrogen-bond donors (Lipinski definition) is 0. The molecule has 1 heterocycles. The largest absolute Gasteiger partial charge is 0.419 e. The normalized spacial score (nSPS) is 11.8. The van der Waals surface area contributed by atoms with E-state index in [0.29, 0.717) is 5.69 Å². The van der Waals surface area contributed by atoms with E-state index in [4.69, 9.17) is 0 Å². The molecule has 0 aliphatic carbocycles. The summed E-state index contributed by atoms with van der Waals surface area (Å²) in [7, 11) is -4.74. The van der Waals surface area contributed by atoms with Crippen molar-refractivity contribution in [3.05, 3.63) is 11.9 Å². The smallest absolute Gasteiger partial charge is 0.169 e. The van der Waals surface area contributed by atoms with E-state index in [1.165, 1.54) is 6.92 Å². The average molecular weight is 165 g/mol. The quantitative estimate of drug-likeness (QED) is 0.533.